The molecule has 5 heteroatoms. The molecule has 0 aliphatic carbocycles. The Hall–Kier alpha value is -2.95. The van der Waals surface area contributed by atoms with Crippen molar-refractivity contribution >= 4 is 17.5 Å². The van der Waals surface area contributed by atoms with Crippen LogP contribution in [0.3, 0.4) is 0 Å². The summed E-state index contributed by atoms with van der Waals surface area (Å²) in [6, 6.07) is 18.2. The van der Waals surface area contributed by atoms with Crippen molar-refractivity contribution in [2.45, 2.75) is 13.3 Å². The van der Waals surface area contributed by atoms with E-state index >= 15 is 0 Å². The average molecular weight is 322 g/mol. The van der Waals surface area contributed by atoms with Crippen molar-refractivity contribution in [1.29, 1.82) is 0 Å². The highest BCUT2D eigenvalue weighted by atomic mass is 19.1. The molecular formula is C19H19FN4. The Morgan fingerprint density at radius 3 is 2.46 bits per heavy atom. The lowest BCUT2D eigenvalue weighted by molar-refractivity contribution is 0.631. The van der Waals surface area contributed by atoms with Crippen LogP contribution in [0.15, 0.2) is 60.7 Å². The molecule has 0 amide bonds. The second-order valence-corrected chi connectivity index (χ2v) is 5.36. The molecule has 3 rings (SSSR count). The predicted octanol–water partition coefficient (Wildman–Crippen LogP) is 4.85. The minimum Gasteiger partial charge on any atom is -0.370 e. The molecule has 0 atom stereocenters. The summed E-state index contributed by atoms with van der Waals surface area (Å²) in [4.78, 5) is 8.95. The number of hydrogen-bond donors (Lipinski definition) is 2. The third-order valence-corrected chi connectivity index (χ3v) is 3.47. The maximum absolute atomic E-state index is 13.9. The summed E-state index contributed by atoms with van der Waals surface area (Å²) in [6.45, 7) is 2.90. The van der Waals surface area contributed by atoms with Crippen molar-refractivity contribution < 1.29 is 4.39 Å². The molecule has 0 spiro atoms. The van der Waals surface area contributed by atoms with Gasteiger partial charge in [-0.15, -0.1) is 0 Å². The molecule has 0 fully saturated rings. The Morgan fingerprint density at radius 2 is 1.71 bits per heavy atom. The second kappa shape index (κ2) is 7.55. The third-order valence-electron chi connectivity index (χ3n) is 3.47. The van der Waals surface area contributed by atoms with Gasteiger partial charge in [-0.25, -0.2) is 9.37 Å². The van der Waals surface area contributed by atoms with E-state index in [9.17, 15) is 4.39 Å². The van der Waals surface area contributed by atoms with Crippen LogP contribution >= 0.6 is 0 Å². The van der Waals surface area contributed by atoms with Crippen molar-refractivity contribution in [3.63, 3.8) is 0 Å². The first-order chi connectivity index (χ1) is 11.8. The summed E-state index contributed by atoms with van der Waals surface area (Å²) < 4.78 is 13.9. The zero-order chi connectivity index (χ0) is 16.8. The first-order valence-electron chi connectivity index (χ1n) is 7.96. The van der Waals surface area contributed by atoms with Gasteiger partial charge in [-0.2, -0.15) is 4.98 Å². The Morgan fingerprint density at radius 1 is 0.958 bits per heavy atom. The molecule has 0 aliphatic rings. The van der Waals surface area contributed by atoms with Crippen molar-refractivity contribution in [3.8, 4) is 11.3 Å². The number of benzene rings is 2. The van der Waals surface area contributed by atoms with Crippen LogP contribution in [0.25, 0.3) is 11.3 Å². The van der Waals surface area contributed by atoms with Crippen molar-refractivity contribution in [2.24, 2.45) is 0 Å². The largest absolute Gasteiger partial charge is 0.370 e. The molecule has 0 saturated heterocycles. The molecule has 24 heavy (non-hydrogen) atoms. The van der Waals surface area contributed by atoms with Crippen LogP contribution in [0.2, 0.25) is 0 Å². The standard InChI is InChI=1S/C19H19FN4/c1-2-12-21-18-13-17(14-8-4-3-5-9-14)23-19(24-18)22-16-11-7-6-10-15(16)20/h3-11,13H,2,12H2,1H3,(H2,21,22,23,24). The highest BCUT2D eigenvalue weighted by Crippen LogP contribution is 2.24. The molecule has 1 aromatic heterocycles. The molecule has 122 valence electrons. The Kier molecular flexibility index (Phi) is 5.01. The SMILES string of the molecule is CCCNc1cc(-c2ccccc2)nc(Nc2ccccc2F)n1. The van der Waals surface area contributed by atoms with Gasteiger partial charge in [0.2, 0.25) is 5.95 Å². The quantitative estimate of drug-likeness (QED) is 0.681. The van der Waals surface area contributed by atoms with E-state index in [0.29, 0.717) is 17.5 Å². The van der Waals surface area contributed by atoms with E-state index < -0.39 is 0 Å². The van der Waals surface area contributed by atoms with Crippen molar-refractivity contribution in [2.75, 3.05) is 17.2 Å². The summed E-state index contributed by atoms with van der Waals surface area (Å²) in [5.41, 5.74) is 2.11. The van der Waals surface area contributed by atoms with Gasteiger partial charge in [0.15, 0.2) is 0 Å². The Bertz CT molecular complexity index is 805. The summed E-state index contributed by atoms with van der Waals surface area (Å²) in [7, 11) is 0. The van der Waals surface area contributed by atoms with E-state index in [4.69, 9.17) is 0 Å². The number of nitrogens with one attached hydrogen (secondary N) is 2. The summed E-state index contributed by atoms with van der Waals surface area (Å²) in [6.07, 6.45) is 0.987. The zero-order valence-electron chi connectivity index (χ0n) is 13.5. The molecule has 0 aliphatic heterocycles. The summed E-state index contributed by atoms with van der Waals surface area (Å²) in [5, 5.41) is 6.22. The van der Waals surface area contributed by atoms with E-state index in [1.165, 1.54) is 6.07 Å². The fraction of sp³-hybridized carbons (Fsp3) is 0.158. The summed E-state index contributed by atoms with van der Waals surface area (Å²) >= 11 is 0. The van der Waals surface area contributed by atoms with Gasteiger partial charge in [-0.1, -0.05) is 49.4 Å². The lowest BCUT2D eigenvalue weighted by Crippen LogP contribution is -2.06. The maximum Gasteiger partial charge on any atom is 0.229 e. The normalized spacial score (nSPS) is 10.4. The molecule has 2 aromatic carbocycles. The second-order valence-electron chi connectivity index (χ2n) is 5.36. The predicted molar refractivity (Wildman–Crippen MR) is 95.9 cm³/mol. The number of aromatic nitrogens is 2. The van der Waals surface area contributed by atoms with Crippen LogP contribution in [-0.2, 0) is 0 Å². The number of rotatable bonds is 6. The van der Waals surface area contributed by atoms with E-state index in [1.807, 2.05) is 36.4 Å². The molecule has 0 saturated carbocycles. The smallest absolute Gasteiger partial charge is 0.229 e. The van der Waals surface area contributed by atoms with Crippen LogP contribution < -0.4 is 10.6 Å². The molecule has 3 aromatic rings. The van der Waals surface area contributed by atoms with Gasteiger partial charge in [0.25, 0.3) is 0 Å². The molecule has 0 bridgehead atoms. The highest BCUT2D eigenvalue weighted by molar-refractivity contribution is 5.66. The van der Waals surface area contributed by atoms with E-state index in [1.54, 1.807) is 18.2 Å². The molecule has 1 heterocycles. The van der Waals surface area contributed by atoms with E-state index in [0.717, 1.165) is 24.2 Å². The fourth-order valence-corrected chi connectivity index (χ4v) is 2.29. The molecular weight excluding hydrogens is 303 g/mol. The van der Waals surface area contributed by atoms with Gasteiger partial charge in [-0.3, -0.25) is 0 Å². The first kappa shape index (κ1) is 15.9. The number of para-hydroxylation sites is 1. The monoisotopic (exact) mass is 322 g/mol. The minimum atomic E-state index is -0.339. The van der Waals surface area contributed by atoms with Crippen LogP contribution in [0.4, 0.5) is 21.8 Å². The topological polar surface area (TPSA) is 49.8 Å². The number of halogens is 1. The third kappa shape index (κ3) is 3.87. The molecule has 4 nitrogen and oxygen atoms in total. The number of nitrogens with zero attached hydrogens (tertiary/aromatic N) is 2. The van der Waals surface area contributed by atoms with Crippen LogP contribution in [0.1, 0.15) is 13.3 Å². The number of anilines is 3. The maximum atomic E-state index is 13.9. The van der Waals surface area contributed by atoms with E-state index in [-0.39, 0.29) is 5.82 Å². The molecule has 2 N–H and O–H groups in total. The van der Waals surface area contributed by atoms with Crippen LogP contribution in [-0.4, -0.2) is 16.5 Å². The van der Waals surface area contributed by atoms with Crippen LogP contribution in [0.5, 0.6) is 0 Å². The molecule has 0 radical (unpaired) electrons. The Labute approximate surface area is 140 Å². The Balaban J connectivity index is 1.97. The fourth-order valence-electron chi connectivity index (χ4n) is 2.29. The zero-order valence-corrected chi connectivity index (χ0v) is 13.5. The van der Waals surface area contributed by atoms with Crippen LogP contribution in [0, 0.1) is 5.82 Å². The minimum absolute atomic E-state index is 0.339. The summed E-state index contributed by atoms with van der Waals surface area (Å²) in [5.74, 6) is 0.735. The lowest BCUT2D eigenvalue weighted by atomic mass is 10.1. The van der Waals surface area contributed by atoms with Crippen molar-refractivity contribution in [1.82, 2.24) is 9.97 Å². The van der Waals surface area contributed by atoms with Gasteiger partial charge >= 0.3 is 0 Å². The average Bonchev–Trinajstić information content (AvgIpc) is 2.62. The van der Waals surface area contributed by atoms with E-state index in [2.05, 4.69) is 27.5 Å². The lowest BCUT2D eigenvalue weighted by Gasteiger charge is -2.11. The highest BCUT2D eigenvalue weighted by Gasteiger charge is 2.08. The van der Waals surface area contributed by atoms with Crippen molar-refractivity contribution in [3.05, 3.63) is 66.5 Å². The van der Waals surface area contributed by atoms with Gasteiger partial charge in [0.05, 0.1) is 11.4 Å². The van der Waals surface area contributed by atoms with Gasteiger partial charge in [0.1, 0.15) is 11.6 Å². The first-order valence-corrected chi connectivity index (χ1v) is 7.96. The van der Waals surface area contributed by atoms with Gasteiger partial charge < -0.3 is 10.6 Å². The van der Waals surface area contributed by atoms with Gasteiger partial charge in [-0.05, 0) is 18.6 Å². The van der Waals surface area contributed by atoms with Gasteiger partial charge in [0, 0.05) is 18.2 Å². The number of hydrogen-bond acceptors (Lipinski definition) is 4. The molecule has 0 unspecified atom stereocenters.